The van der Waals surface area contributed by atoms with E-state index in [1.54, 1.807) is 17.6 Å². The third-order valence-electron chi connectivity index (χ3n) is 3.96. The Balaban J connectivity index is 1.83. The van der Waals surface area contributed by atoms with Gasteiger partial charge in [-0.1, -0.05) is 35.9 Å². The predicted molar refractivity (Wildman–Crippen MR) is 104 cm³/mol. The monoisotopic (exact) mass is 445 g/mol. The molecule has 1 aliphatic rings. The maximum Gasteiger partial charge on any atom is 0.417 e. The van der Waals surface area contributed by atoms with Crippen LogP contribution >= 0.6 is 23.2 Å². The van der Waals surface area contributed by atoms with Crippen LogP contribution in [0.5, 0.6) is 0 Å². The number of anilines is 2. The molecule has 0 radical (unpaired) electrons. The molecule has 0 saturated carbocycles. The lowest BCUT2D eigenvalue weighted by atomic mass is 10.1. The van der Waals surface area contributed by atoms with Crippen molar-refractivity contribution in [2.45, 2.75) is 13.1 Å². The van der Waals surface area contributed by atoms with Gasteiger partial charge >= 0.3 is 17.7 Å². The Labute approximate surface area is 172 Å². The van der Waals surface area contributed by atoms with E-state index in [0.29, 0.717) is 12.2 Å². The predicted octanol–water partition coefficient (Wildman–Crippen LogP) is 2.77. The number of urea groups is 1. The average Bonchev–Trinajstić information content (AvgIpc) is 2.61. The van der Waals surface area contributed by atoms with Crippen LogP contribution in [-0.4, -0.2) is 22.5 Å². The zero-order valence-corrected chi connectivity index (χ0v) is 16.4. The number of carbonyl (C=O) groups is 1. The first-order chi connectivity index (χ1) is 13.6. The second kappa shape index (κ2) is 7.88. The highest BCUT2D eigenvalue weighted by Crippen LogP contribution is 2.28. The molecule has 3 heterocycles. The van der Waals surface area contributed by atoms with Gasteiger partial charge in [0.25, 0.3) is 5.82 Å². The first-order valence-electron chi connectivity index (χ1n) is 8.11. The van der Waals surface area contributed by atoms with Gasteiger partial charge in [0.1, 0.15) is 27.8 Å². The van der Waals surface area contributed by atoms with E-state index >= 15 is 0 Å². The Morgan fingerprint density at radius 3 is 2.48 bits per heavy atom. The summed E-state index contributed by atoms with van der Waals surface area (Å²) in [7, 11) is 0. The molecular weight excluding hydrogens is 432 g/mol. The van der Waals surface area contributed by atoms with Crippen molar-refractivity contribution in [3.8, 4) is 0 Å². The molecule has 1 aliphatic heterocycles. The topological polar surface area (TPSA) is 82.0 Å². The molecular formula is C17H14Cl2F3N6O+. The van der Waals surface area contributed by atoms with Crippen molar-refractivity contribution in [1.29, 1.82) is 0 Å². The number of aromatic nitrogens is 2. The molecule has 152 valence electrons. The van der Waals surface area contributed by atoms with Crippen LogP contribution in [-0.2, 0) is 6.18 Å². The summed E-state index contributed by atoms with van der Waals surface area (Å²) >= 11 is 11.5. The molecule has 2 amide bonds. The minimum absolute atomic E-state index is 0.0235. The maximum atomic E-state index is 13.5. The summed E-state index contributed by atoms with van der Waals surface area (Å²) < 4.78 is 41.9. The van der Waals surface area contributed by atoms with Crippen molar-refractivity contribution in [3.05, 3.63) is 57.4 Å². The second-order valence-corrected chi connectivity index (χ2v) is 6.72. The normalized spacial score (nSPS) is 12.8. The van der Waals surface area contributed by atoms with E-state index in [0.717, 1.165) is 6.07 Å². The van der Waals surface area contributed by atoms with Gasteiger partial charge in [-0.05, 0) is 24.0 Å². The summed E-state index contributed by atoms with van der Waals surface area (Å²) in [5.74, 6) is -0.182. The van der Waals surface area contributed by atoms with E-state index in [9.17, 15) is 18.0 Å². The Morgan fingerprint density at radius 1 is 1.24 bits per heavy atom. The Bertz CT molecular complexity index is 1110. The molecule has 29 heavy (non-hydrogen) atoms. The van der Waals surface area contributed by atoms with Crippen LogP contribution in [0.3, 0.4) is 0 Å². The minimum Gasteiger partial charge on any atom is -0.306 e. The number of halogens is 5. The number of amides is 2. The molecule has 3 N–H and O–H groups in total. The number of alkyl halides is 3. The van der Waals surface area contributed by atoms with Crippen molar-refractivity contribution in [3.63, 3.8) is 0 Å². The van der Waals surface area contributed by atoms with E-state index < -0.39 is 17.8 Å². The van der Waals surface area contributed by atoms with Crippen molar-refractivity contribution >= 4 is 46.4 Å². The van der Waals surface area contributed by atoms with Crippen LogP contribution in [0.2, 0.25) is 10.3 Å². The lowest BCUT2D eigenvalue weighted by molar-refractivity contribution is -0.138. The van der Waals surface area contributed by atoms with Crippen LogP contribution in [0.15, 0.2) is 30.9 Å². The van der Waals surface area contributed by atoms with Gasteiger partial charge in [0.2, 0.25) is 0 Å². The van der Waals surface area contributed by atoms with Gasteiger partial charge in [-0.2, -0.15) is 13.2 Å². The molecule has 0 unspecified atom stereocenters. The summed E-state index contributed by atoms with van der Waals surface area (Å²) in [6.45, 7) is 5.47. The minimum atomic E-state index is -4.59. The van der Waals surface area contributed by atoms with Gasteiger partial charge in [-0.25, -0.2) is 19.8 Å². The lowest BCUT2D eigenvalue weighted by Gasteiger charge is -2.16. The van der Waals surface area contributed by atoms with Crippen molar-refractivity contribution in [1.82, 2.24) is 20.0 Å². The second-order valence-electron chi connectivity index (χ2n) is 5.94. The first kappa shape index (κ1) is 20.9. The summed E-state index contributed by atoms with van der Waals surface area (Å²) in [6, 6.07) is 2.76. The van der Waals surface area contributed by atoms with Crippen molar-refractivity contribution < 1.29 is 18.0 Å². The Morgan fingerprint density at radius 2 is 1.90 bits per heavy atom. The van der Waals surface area contributed by atoms with E-state index in [2.05, 4.69) is 32.7 Å². The molecule has 0 aliphatic carbocycles. The zero-order valence-electron chi connectivity index (χ0n) is 14.9. The van der Waals surface area contributed by atoms with Crippen LogP contribution < -0.4 is 31.5 Å². The molecule has 2 aromatic rings. The fraction of sp³-hybridized carbons (Fsp3) is 0.176. The molecule has 0 aromatic carbocycles. The number of fused-ring (bicyclic) bond motifs is 1. The quantitative estimate of drug-likeness (QED) is 0.286. The Hall–Kier alpha value is -2.85. The first-order valence-corrected chi connectivity index (χ1v) is 8.86. The summed E-state index contributed by atoms with van der Waals surface area (Å²) in [6.07, 6.45) is -3.03. The van der Waals surface area contributed by atoms with Gasteiger partial charge < -0.3 is 5.32 Å². The maximum absolute atomic E-state index is 13.5. The fourth-order valence-electron chi connectivity index (χ4n) is 2.78. The molecule has 0 spiro atoms. The highest BCUT2D eigenvalue weighted by Gasteiger charge is 2.39. The third kappa shape index (κ3) is 4.43. The lowest BCUT2D eigenvalue weighted by Crippen LogP contribution is -2.56. The summed E-state index contributed by atoms with van der Waals surface area (Å²) in [4.78, 5) is 19.9. The molecule has 2 aromatic heterocycles. The number of rotatable bonds is 5. The number of hydrogen-bond acceptors (Lipinski definition) is 4. The largest absolute Gasteiger partial charge is 0.417 e. The number of nitrogens with one attached hydrogen (secondary N) is 3. The average molecular weight is 446 g/mol. The van der Waals surface area contributed by atoms with E-state index in [4.69, 9.17) is 23.2 Å². The third-order valence-corrected chi connectivity index (χ3v) is 4.35. The number of hydrogen-bond donors (Lipinski definition) is 3. The molecule has 7 nitrogen and oxygen atoms in total. The van der Waals surface area contributed by atoms with Gasteiger partial charge in [-0.3, -0.25) is 5.43 Å². The van der Waals surface area contributed by atoms with Gasteiger partial charge in [0.05, 0.1) is 5.56 Å². The van der Waals surface area contributed by atoms with Crippen LogP contribution in [0, 0.1) is 0 Å². The number of nitrogens with zero attached hydrogens (tertiary/aromatic N) is 3. The van der Waals surface area contributed by atoms with Crippen molar-refractivity contribution in [2.75, 3.05) is 17.3 Å². The number of hydrazine groups is 1. The van der Waals surface area contributed by atoms with Crippen LogP contribution in [0.4, 0.5) is 29.5 Å². The molecule has 12 heteroatoms. The molecule has 3 rings (SSSR count). The number of carbonyl (C=O) groups excluding carboxylic acids is 1. The molecule has 0 fully saturated rings. The van der Waals surface area contributed by atoms with Crippen LogP contribution in [0.25, 0.3) is 5.70 Å². The molecule has 0 atom stereocenters. The SMILES string of the molecule is C=CC[N+]1=c2nc(NNC(=O)Nc3cc(Cl)nc(Cl)c3)cc(C(F)(F)F)c2=C1C. The molecule has 0 bridgehead atoms. The highest BCUT2D eigenvalue weighted by molar-refractivity contribution is 6.32. The summed E-state index contributed by atoms with van der Waals surface area (Å²) in [5.41, 5.74) is 4.58. The van der Waals surface area contributed by atoms with Gasteiger partial charge in [-0.15, -0.1) is 0 Å². The highest BCUT2D eigenvalue weighted by atomic mass is 35.5. The van der Waals surface area contributed by atoms with E-state index in [1.807, 2.05) is 0 Å². The number of pyridine rings is 2. The van der Waals surface area contributed by atoms with Crippen LogP contribution in [0.1, 0.15) is 12.5 Å². The van der Waals surface area contributed by atoms with Gasteiger partial charge in [0.15, 0.2) is 0 Å². The standard InChI is InChI=1S/C17H13Cl2F3N6O/c1-3-4-28-8(2)14-10(17(20,21)22)7-13(25-15(14)28)26-27-16(29)23-9-5-11(18)24-12(19)6-9/h3,5-7H,1,4H2,2H3,(H2,23,24,27,29)/p+1. The van der Waals surface area contributed by atoms with E-state index in [1.165, 1.54) is 12.1 Å². The van der Waals surface area contributed by atoms with E-state index in [-0.39, 0.29) is 32.5 Å². The summed E-state index contributed by atoms with van der Waals surface area (Å²) in [5, 5.41) is 2.57. The van der Waals surface area contributed by atoms with Crippen molar-refractivity contribution in [2.24, 2.45) is 0 Å². The fourth-order valence-corrected chi connectivity index (χ4v) is 3.25. The Kier molecular flexibility index (Phi) is 5.67. The zero-order chi connectivity index (χ0) is 21.3. The molecule has 0 saturated heterocycles. The van der Waals surface area contributed by atoms with Gasteiger partial charge in [0, 0.05) is 11.8 Å². The smallest absolute Gasteiger partial charge is 0.306 e.